The zero-order valence-electron chi connectivity index (χ0n) is 11.8. The van der Waals surface area contributed by atoms with E-state index < -0.39 is 0 Å². The number of hydrogen-bond acceptors (Lipinski definition) is 2. The van der Waals surface area contributed by atoms with Gasteiger partial charge in [0, 0.05) is 19.7 Å². The van der Waals surface area contributed by atoms with E-state index in [-0.39, 0.29) is 5.91 Å². The van der Waals surface area contributed by atoms with Crippen LogP contribution >= 0.6 is 11.6 Å². The van der Waals surface area contributed by atoms with E-state index in [9.17, 15) is 4.79 Å². The number of nitrogens with zero attached hydrogens (tertiary/aromatic N) is 1. The Morgan fingerprint density at radius 2 is 1.95 bits per heavy atom. The monoisotopic (exact) mass is 300 g/mol. The first-order valence-electron chi connectivity index (χ1n) is 6.58. The van der Waals surface area contributed by atoms with E-state index in [1.807, 2.05) is 36.4 Å². The number of rotatable bonds is 4. The quantitative estimate of drug-likeness (QED) is 0.693. The molecule has 108 valence electrons. The predicted molar refractivity (Wildman–Crippen MR) is 87.8 cm³/mol. The molecule has 0 aliphatic carbocycles. The molecule has 0 spiro atoms. The molecule has 0 aliphatic rings. The molecule has 2 rings (SSSR count). The number of carbonyl (C=O) groups is 1. The molecule has 0 aromatic heterocycles. The molecule has 2 N–H and O–H groups in total. The normalized spacial score (nSPS) is 10.8. The lowest BCUT2D eigenvalue weighted by molar-refractivity contribution is -0.125. The van der Waals surface area contributed by atoms with Gasteiger partial charge in [0.15, 0.2) is 0 Å². The molecule has 21 heavy (non-hydrogen) atoms. The number of benzene rings is 2. The summed E-state index contributed by atoms with van der Waals surface area (Å²) in [7, 11) is 1.77. The van der Waals surface area contributed by atoms with E-state index >= 15 is 0 Å². The number of nitrogens with two attached hydrogens (primary N) is 1. The van der Waals surface area contributed by atoms with Gasteiger partial charge in [0.05, 0.1) is 10.7 Å². The fourth-order valence-corrected chi connectivity index (χ4v) is 2.01. The van der Waals surface area contributed by atoms with Crippen LogP contribution in [-0.2, 0) is 11.3 Å². The lowest BCUT2D eigenvalue weighted by Gasteiger charge is -2.15. The molecule has 0 saturated carbocycles. The van der Waals surface area contributed by atoms with Crippen molar-refractivity contribution in [2.24, 2.45) is 0 Å². The van der Waals surface area contributed by atoms with Gasteiger partial charge in [0.1, 0.15) is 0 Å². The third-order valence-corrected chi connectivity index (χ3v) is 3.42. The van der Waals surface area contributed by atoms with Crippen LogP contribution in [0.3, 0.4) is 0 Å². The Morgan fingerprint density at radius 3 is 2.62 bits per heavy atom. The average Bonchev–Trinajstić information content (AvgIpc) is 2.49. The number of nitrogen functional groups attached to an aromatic ring is 1. The molecule has 0 bridgehead atoms. The average molecular weight is 301 g/mol. The zero-order chi connectivity index (χ0) is 15.2. The highest BCUT2D eigenvalue weighted by molar-refractivity contribution is 6.33. The zero-order valence-corrected chi connectivity index (χ0v) is 12.5. The number of likely N-dealkylation sites (N-methyl/N-ethyl adjacent to an activating group) is 1. The Balaban J connectivity index is 1.99. The maximum Gasteiger partial charge on any atom is 0.246 e. The maximum atomic E-state index is 12.1. The van der Waals surface area contributed by atoms with Crippen LogP contribution in [0.25, 0.3) is 6.08 Å². The Kier molecular flexibility index (Phi) is 5.01. The van der Waals surface area contributed by atoms with Gasteiger partial charge in [-0.2, -0.15) is 0 Å². The van der Waals surface area contributed by atoms with Gasteiger partial charge in [0.2, 0.25) is 5.91 Å². The van der Waals surface area contributed by atoms with Crippen LogP contribution < -0.4 is 5.73 Å². The van der Waals surface area contributed by atoms with Crippen molar-refractivity contribution < 1.29 is 4.79 Å². The van der Waals surface area contributed by atoms with Gasteiger partial charge >= 0.3 is 0 Å². The first-order valence-corrected chi connectivity index (χ1v) is 6.96. The van der Waals surface area contributed by atoms with Crippen LogP contribution in [0.5, 0.6) is 0 Å². The Labute approximate surface area is 129 Å². The number of halogens is 1. The fourth-order valence-electron chi connectivity index (χ4n) is 1.90. The molecule has 0 unspecified atom stereocenters. The van der Waals surface area contributed by atoms with Gasteiger partial charge < -0.3 is 10.6 Å². The molecule has 1 amide bonds. The largest absolute Gasteiger partial charge is 0.398 e. The molecule has 0 saturated heterocycles. The first kappa shape index (κ1) is 15.1. The van der Waals surface area contributed by atoms with E-state index in [1.54, 1.807) is 30.2 Å². The molecule has 0 aliphatic heterocycles. The summed E-state index contributed by atoms with van der Waals surface area (Å²) in [5.74, 6) is -0.0626. The molecular weight excluding hydrogens is 284 g/mol. The molecule has 3 nitrogen and oxygen atoms in total. The highest BCUT2D eigenvalue weighted by atomic mass is 35.5. The van der Waals surface area contributed by atoms with Crippen molar-refractivity contribution in [3.8, 4) is 0 Å². The second-order valence-corrected chi connectivity index (χ2v) is 5.20. The molecule has 0 atom stereocenters. The van der Waals surface area contributed by atoms with Crippen LogP contribution in [0.1, 0.15) is 11.1 Å². The topological polar surface area (TPSA) is 46.3 Å². The van der Waals surface area contributed by atoms with Crippen LogP contribution in [0.15, 0.2) is 54.6 Å². The summed E-state index contributed by atoms with van der Waals surface area (Å²) in [6.07, 6.45) is 3.27. The number of carbonyl (C=O) groups excluding carboxylic acids is 1. The minimum Gasteiger partial charge on any atom is -0.398 e. The fraction of sp³-hybridized carbons (Fsp3) is 0.118. The van der Waals surface area contributed by atoms with Gasteiger partial charge in [-0.25, -0.2) is 0 Å². The highest BCUT2D eigenvalue weighted by Crippen LogP contribution is 2.20. The molecule has 0 radical (unpaired) electrons. The van der Waals surface area contributed by atoms with Crippen LogP contribution in [0.4, 0.5) is 5.69 Å². The molecular formula is C17H17ClN2O. The molecule has 4 heteroatoms. The Bertz CT molecular complexity index is 653. The van der Waals surface area contributed by atoms with Gasteiger partial charge in [-0.05, 0) is 29.3 Å². The van der Waals surface area contributed by atoms with E-state index in [0.29, 0.717) is 17.3 Å². The number of anilines is 1. The van der Waals surface area contributed by atoms with Crippen molar-refractivity contribution in [1.29, 1.82) is 0 Å². The summed E-state index contributed by atoms with van der Waals surface area (Å²) >= 11 is 5.86. The minimum absolute atomic E-state index is 0.0626. The van der Waals surface area contributed by atoms with Crippen molar-refractivity contribution in [3.05, 3.63) is 70.8 Å². The van der Waals surface area contributed by atoms with E-state index in [0.717, 1.165) is 11.1 Å². The lowest BCUT2D eigenvalue weighted by atomic mass is 10.2. The third-order valence-electron chi connectivity index (χ3n) is 3.08. The van der Waals surface area contributed by atoms with Gasteiger partial charge in [-0.3, -0.25) is 4.79 Å². The summed E-state index contributed by atoms with van der Waals surface area (Å²) in [6, 6.07) is 15.1. The van der Waals surface area contributed by atoms with Crippen LogP contribution in [0.2, 0.25) is 5.02 Å². The van der Waals surface area contributed by atoms with E-state index in [4.69, 9.17) is 17.3 Å². The SMILES string of the molecule is CN(Cc1ccccc1)C(=O)/C=C/c1ccc(Cl)c(N)c1. The van der Waals surface area contributed by atoms with Crippen LogP contribution in [0, 0.1) is 0 Å². The molecule has 2 aromatic rings. The number of amides is 1. The standard InChI is InChI=1S/C17H17ClN2O/c1-20(12-14-5-3-2-4-6-14)17(21)10-8-13-7-9-15(18)16(19)11-13/h2-11H,12,19H2,1H3/b10-8+. The van der Waals surface area contributed by atoms with Crippen LogP contribution in [-0.4, -0.2) is 17.9 Å². The molecule has 0 heterocycles. The maximum absolute atomic E-state index is 12.1. The second kappa shape index (κ2) is 6.95. The third kappa shape index (κ3) is 4.36. The summed E-state index contributed by atoms with van der Waals surface area (Å²) < 4.78 is 0. The summed E-state index contributed by atoms with van der Waals surface area (Å²) in [4.78, 5) is 13.7. The van der Waals surface area contributed by atoms with Gasteiger partial charge in [-0.1, -0.05) is 48.0 Å². The molecule has 0 fully saturated rings. The predicted octanol–water partition coefficient (Wildman–Crippen LogP) is 3.59. The Morgan fingerprint density at radius 1 is 1.24 bits per heavy atom. The minimum atomic E-state index is -0.0626. The smallest absolute Gasteiger partial charge is 0.246 e. The summed E-state index contributed by atoms with van der Waals surface area (Å²) in [5.41, 5.74) is 8.17. The van der Waals surface area contributed by atoms with E-state index in [1.165, 1.54) is 6.08 Å². The van der Waals surface area contributed by atoms with E-state index in [2.05, 4.69) is 0 Å². The van der Waals surface area contributed by atoms with Gasteiger partial charge in [0.25, 0.3) is 0 Å². The summed E-state index contributed by atoms with van der Waals surface area (Å²) in [5, 5.41) is 0.514. The Hall–Kier alpha value is -2.26. The highest BCUT2D eigenvalue weighted by Gasteiger charge is 2.05. The molecule has 2 aromatic carbocycles. The van der Waals surface area contributed by atoms with Crippen molar-refractivity contribution in [1.82, 2.24) is 4.90 Å². The number of hydrogen-bond donors (Lipinski definition) is 1. The van der Waals surface area contributed by atoms with Gasteiger partial charge in [-0.15, -0.1) is 0 Å². The van der Waals surface area contributed by atoms with Crippen molar-refractivity contribution in [2.45, 2.75) is 6.54 Å². The lowest BCUT2D eigenvalue weighted by Crippen LogP contribution is -2.24. The van der Waals surface area contributed by atoms with Crippen molar-refractivity contribution in [3.63, 3.8) is 0 Å². The van der Waals surface area contributed by atoms with Crippen molar-refractivity contribution in [2.75, 3.05) is 12.8 Å². The second-order valence-electron chi connectivity index (χ2n) is 4.79. The first-order chi connectivity index (χ1) is 10.1. The summed E-state index contributed by atoms with van der Waals surface area (Å²) in [6.45, 7) is 0.576. The van der Waals surface area contributed by atoms with Crippen molar-refractivity contribution >= 4 is 29.3 Å².